The smallest absolute Gasteiger partial charge is 0.123 e. The molecule has 0 amide bonds. The molecule has 1 atom stereocenters. The van der Waals surface area contributed by atoms with E-state index < -0.39 is 6.10 Å². The Labute approximate surface area is 88.6 Å². The molecular weight excluding hydrogens is 196 g/mol. The number of hydrogen-bond acceptors (Lipinski definition) is 4. The van der Waals surface area contributed by atoms with Crippen LogP contribution in [0.1, 0.15) is 0 Å². The summed E-state index contributed by atoms with van der Waals surface area (Å²) in [6, 6.07) is 9.24. The van der Waals surface area contributed by atoms with Gasteiger partial charge in [0.15, 0.2) is 0 Å². The first-order valence-corrected chi connectivity index (χ1v) is 4.58. The van der Waals surface area contributed by atoms with Gasteiger partial charge in [-0.05, 0) is 12.1 Å². The Morgan fingerprint density at radius 2 is 2.00 bits per heavy atom. The van der Waals surface area contributed by atoms with Gasteiger partial charge in [0.2, 0.25) is 0 Å². The molecule has 1 N–H and O–H groups in total. The lowest BCUT2D eigenvalue weighted by molar-refractivity contribution is -0.263. The van der Waals surface area contributed by atoms with Crippen molar-refractivity contribution in [2.45, 2.75) is 6.10 Å². The zero-order valence-electron chi connectivity index (χ0n) is 8.33. The molecule has 1 rings (SSSR count). The van der Waals surface area contributed by atoms with Gasteiger partial charge >= 0.3 is 0 Å². The Bertz CT molecular complexity index is 273. The molecule has 0 aromatic heterocycles. The lowest BCUT2D eigenvalue weighted by Crippen LogP contribution is -2.23. The van der Waals surface area contributed by atoms with E-state index in [-0.39, 0.29) is 13.2 Å². The highest BCUT2D eigenvalue weighted by Crippen LogP contribution is 2.08. The third kappa shape index (κ3) is 5.05. The predicted octanol–water partition coefficient (Wildman–Crippen LogP) is 1.52. The standard InChI is InChI=1S/C11H14O4/c1-2-14-15-9-10(12)8-13-11-6-4-3-5-7-11/h2-7,10,12H,1,8-9H2. The predicted molar refractivity (Wildman–Crippen MR) is 55.2 cm³/mol. The van der Waals surface area contributed by atoms with Crippen molar-refractivity contribution in [3.8, 4) is 5.75 Å². The van der Waals surface area contributed by atoms with Crippen LogP contribution in [0.2, 0.25) is 0 Å². The first-order chi connectivity index (χ1) is 7.33. The summed E-state index contributed by atoms with van der Waals surface area (Å²) in [6.45, 7) is 3.49. The minimum Gasteiger partial charge on any atom is -0.491 e. The summed E-state index contributed by atoms with van der Waals surface area (Å²) in [5, 5.41) is 9.37. The van der Waals surface area contributed by atoms with Crippen LogP contribution in [0, 0.1) is 0 Å². The van der Waals surface area contributed by atoms with E-state index in [4.69, 9.17) is 4.74 Å². The van der Waals surface area contributed by atoms with Crippen LogP contribution < -0.4 is 4.74 Å². The van der Waals surface area contributed by atoms with E-state index in [0.29, 0.717) is 5.75 Å². The normalized spacial score (nSPS) is 11.8. The van der Waals surface area contributed by atoms with Crippen molar-refractivity contribution in [2.75, 3.05) is 13.2 Å². The van der Waals surface area contributed by atoms with Crippen molar-refractivity contribution in [2.24, 2.45) is 0 Å². The first kappa shape index (κ1) is 11.6. The van der Waals surface area contributed by atoms with Crippen molar-refractivity contribution in [3.63, 3.8) is 0 Å². The highest BCUT2D eigenvalue weighted by atomic mass is 17.2. The summed E-state index contributed by atoms with van der Waals surface area (Å²) in [6.07, 6.45) is 0.412. The quantitative estimate of drug-likeness (QED) is 0.321. The molecule has 82 valence electrons. The second kappa shape index (κ2) is 6.86. The largest absolute Gasteiger partial charge is 0.491 e. The van der Waals surface area contributed by atoms with Gasteiger partial charge in [-0.15, -0.1) is 0 Å². The van der Waals surface area contributed by atoms with Gasteiger partial charge < -0.3 is 14.7 Å². The Kier molecular flexibility index (Phi) is 5.29. The molecule has 0 aliphatic rings. The SMILES string of the molecule is C=COOCC(O)COc1ccccc1. The minimum absolute atomic E-state index is 0.0405. The van der Waals surface area contributed by atoms with E-state index in [1.165, 1.54) is 0 Å². The number of benzene rings is 1. The molecule has 0 heterocycles. The third-order valence-electron chi connectivity index (χ3n) is 1.58. The molecule has 0 bridgehead atoms. The molecule has 0 fully saturated rings. The fourth-order valence-corrected chi connectivity index (χ4v) is 0.923. The van der Waals surface area contributed by atoms with E-state index >= 15 is 0 Å². The van der Waals surface area contributed by atoms with Gasteiger partial charge in [-0.25, -0.2) is 0 Å². The van der Waals surface area contributed by atoms with Gasteiger partial charge in [0.1, 0.15) is 31.3 Å². The zero-order valence-corrected chi connectivity index (χ0v) is 8.33. The van der Waals surface area contributed by atoms with Crippen LogP contribution in [0.25, 0.3) is 0 Å². The van der Waals surface area contributed by atoms with Crippen LogP contribution >= 0.6 is 0 Å². The minimum atomic E-state index is -0.731. The molecule has 0 aliphatic heterocycles. The summed E-state index contributed by atoms with van der Waals surface area (Å²) in [4.78, 5) is 8.99. The molecule has 0 saturated heterocycles. The van der Waals surface area contributed by atoms with Gasteiger partial charge in [-0.1, -0.05) is 24.8 Å². The number of aliphatic hydroxyl groups is 1. The molecule has 1 unspecified atom stereocenters. The van der Waals surface area contributed by atoms with Crippen LogP contribution in [0.5, 0.6) is 5.75 Å². The molecule has 4 heteroatoms. The average Bonchev–Trinajstić information content (AvgIpc) is 2.28. The molecule has 1 aromatic rings. The van der Waals surface area contributed by atoms with Crippen LogP contribution in [0.4, 0.5) is 0 Å². The fraction of sp³-hybridized carbons (Fsp3) is 0.273. The van der Waals surface area contributed by atoms with Gasteiger partial charge in [0.05, 0.1) is 0 Å². The summed E-state index contributed by atoms with van der Waals surface area (Å²) in [5.41, 5.74) is 0. The van der Waals surface area contributed by atoms with Crippen LogP contribution in [0.3, 0.4) is 0 Å². The molecule has 0 spiro atoms. The molecule has 4 nitrogen and oxygen atoms in total. The topological polar surface area (TPSA) is 47.9 Å². The van der Waals surface area contributed by atoms with Crippen molar-refractivity contribution in [1.29, 1.82) is 0 Å². The Morgan fingerprint density at radius 3 is 2.67 bits per heavy atom. The Balaban J connectivity index is 2.16. The Morgan fingerprint density at radius 1 is 1.27 bits per heavy atom. The fourth-order valence-electron chi connectivity index (χ4n) is 0.923. The summed E-state index contributed by atoms with van der Waals surface area (Å²) in [5.74, 6) is 0.709. The van der Waals surface area contributed by atoms with Crippen molar-refractivity contribution in [3.05, 3.63) is 43.2 Å². The molecule has 0 aliphatic carbocycles. The Hall–Kier alpha value is -1.52. The second-order valence-electron chi connectivity index (χ2n) is 2.83. The van der Waals surface area contributed by atoms with Crippen LogP contribution in [-0.4, -0.2) is 24.4 Å². The van der Waals surface area contributed by atoms with Crippen molar-refractivity contribution in [1.82, 2.24) is 0 Å². The van der Waals surface area contributed by atoms with E-state index in [2.05, 4.69) is 16.4 Å². The molecule has 15 heavy (non-hydrogen) atoms. The van der Waals surface area contributed by atoms with E-state index in [1.54, 1.807) is 0 Å². The summed E-state index contributed by atoms with van der Waals surface area (Å²) >= 11 is 0. The number of ether oxygens (including phenoxy) is 1. The maximum absolute atomic E-state index is 9.37. The number of hydrogen-bond donors (Lipinski definition) is 1. The van der Waals surface area contributed by atoms with E-state index in [9.17, 15) is 5.11 Å². The van der Waals surface area contributed by atoms with E-state index in [1.807, 2.05) is 30.3 Å². The van der Waals surface area contributed by atoms with Crippen LogP contribution in [0.15, 0.2) is 43.2 Å². The maximum atomic E-state index is 9.37. The number of para-hydroxylation sites is 1. The second-order valence-corrected chi connectivity index (χ2v) is 2.83. The van der Waals surface area contributed by atoms with Gasteiger partial charge in [-0.3, -0.25) is 0 Å². The average molecular weight is 210 g/mol. The highest BCUT2D eigenvalue weighted by molar-refractivity contribution is 5.20. The number of aliphatic hydroxyl groups excluding tert-OH is 1. The summed E-state index contributed by atoms with van der Waals surface area (Å²) < 4.78 is 5.29. The monoisotopic (exact) mass is 210 g/mol. The molecule has 0 saturated carbocycles. The first-order valence-electron chi connectivity index (χ1n) is 4.58. The number of rotatable bonds is 7. The lowest BCUT2D eigenvalue weighted by Gasteiger charge is -2.11. The highest BCUT2D eigenvalue weighted by Gasteiger charge is 2.05. The maximum Gasteiger partial charge on any atom is 0.123 e. The third-order valence-corrected chi connectivity index (χ3v) is 1.58. The lowest BCUT2D eigenvalue weighted by atomic mass is 10.3. The van der Waals surface area contributed by atoms with Crippen molar-refractivity contribution >= 4 is 0 Å². The van der Waals surface area contributed by atoms with Gasteiger partial charge in [0, 0.05) is 0 Å². The molecule has 0 radical (unpaired) electrons. The van der Waals surface area contributed by atoms with Crippen LogP contribution in [-0.2, 0) is 9.78 Å². The van der Waals surface area contributed by atoms with Gasteiger partial charge in [-0.2, -0.15) is 4.89 Å². The zero-order chi connectivity index (χ0) is 10.9. The molecule has 1 aromatic carbocycles. The molecular formula is C11H14O4. The van der Waals surface area contributed by atoms with Crippen molar-refractivity contribution < 1.29 is 19.6 Å². The van der Waals surface area contributed by atoms with Gasteiger partial charge in [0.25, 0.3) is 0 Å². The summed E-state index contributed by atoms with van der Waals surface area (Å²) in [7, 11) is 0. The van der Waals surface area contributed by atoms with E-state index in [0.717, 1.165) is 6.26 Å².